The van der Waals surface area contributed by atoms with Crippen LogP contribution in [0.4, 0.5) is 11.4 Å². The molecule has 0 aliphatic carbocycles. The number of carboxylic acid groups (broad SMARTS) is 1. The van der Waals surface area contributed by atoms with Crippen LogP contribution in [0.25, 0.3) is 0 Å². The van der Waals surface area contributed by atoms with Crippen LogP contribution < -0.4 is 19.9 Å². The molecule has 0 heterocycles. The normalized spacial score (nSPS) is 10.3. The number of anilines is 1. The van der Waals surface area contributed by atoms with Gasteiger partial charge >= 0.3 is 0 Å². The highest BCUT2D eigenvalue weighted by Crippen LogP contribution is 2.27. The Labute approximate surface area is 172 Å². The Hall–Kier alpha value is -4.07. The second-order valence-corrected chi connectivity index (χ2v) is 6.44. The molecule has 3 rings (SSSR count). The molecule has 154 valence electrons. The summed E-state index contributed by atoms with van der Waals surface area (Å²) < 4.78 is 10.8. The highest BCUT2D eigenvalue weighted by molar-refractivity contribution is 5.66. The molecule has 0 unspecified atom stereocenters. The average molecular weight is 407 g/mol. The Morgan fingerprint density at radius 3 is 2.40 bits per heavy atom. The molecule has 8 nitrogen and oxygen atoms in total. The molecule has 0 spiro atoms. The van der Waals surface area contributed by atoms with E-state index in [9.17, 15) is 20.0 Å². The molecule has 0 amide bonds. The first-order valence-electron chi connectivity index (χ1n) is 9.10. The molecule has 30 heavy (non-hydrogen) atoms. The number of benzene rings is 3. The van der Waals surface area contributed by atoms with Crippen LogP contribution in [-0.4, -0.2) is 17.5 Å². The lowest BCUT2D eigenvalue weighted by molar-refractivity contribution is -0.385. The van der Waals surface area contributed by atoms with Gasteiger partial charge in [0, 0.05) is 29.9 Å². The first-order chi connectivity index (χ1) is 14.4. The van der Waals surface area contributed by atoms with Gasteiger partial charge in [0.15, 0.2) is 0 Å². The molecule has 0 saturated carbocycles. The van der Waals surface area contributed by atoms with Gasteiger partial charge in [-0.2, -0.15) is 0 Å². The van der Waals surface area contributed by atoms with Crippen molar-refractivity contribution in [2.45, 2.75) is 13.5 Å². The molecule has 3 aromatic carbocycles. The van der Waals surface area contributed by atoms with E-state index in [4.69, 9.17) is 9.47 Å². The van der Waals surface area contributed by atoms with Gasteiger partial charge in [-0.25, -0.2) is 0 Å². The predicted octanol–water partition coefficient (Wildman–Crippen LogP) is 3.44. The number of carbonyl (C=O) groups is 1. The minimum absolute atomic E-state index is 0.0783. The van der Waals surface area contributed by atoms with Gasteiger partial charge in [-0.15, -0.1) is 0 Å². The third-order valence-electron chi connectivity index (χ3n) is 4.31. The van der Waals surface area contributed by atoms with Crippen molar-refractivity contribution in [1.29, 1.82) is 0 Å². The van der Waals surface area contributed by atoms with Crippen LogP contribution in [-0.2, 0) is 11.3 Å². The lowest BCUT2D eigenvalue weighted by Crippen LogP contribution is -2.28. The van der Waals surface area contributed by atoms with Crippen LogP contribution in [0.3, 0.4) is 0 Å². The maximum Gasteiger partial charge on any atom is 0.274 e. The molecule has 0 bridgehead atoms. The van der Waals surface area contributed by atoms with Crippen molar-refractivity contribution in [3.05, 3.63) is 88.0 Å². The number of carboxylic acids is 1. The zero-order valence-electron chi connectivity index (χ0n) is 16.2. The summed E-state index contributed by atoms with van der Waals surface area (Å²) in [6.45, 7) is 1.67. The number of nitrogens with one attached hydrogen (secondary N) is 1. The molecule has 0 aliphatic rings. The summed E-state index contributed by atoms with van der Waals surface area (Å²) >= 11 is 0. The molecular weight excluding hydrogens is 388 g/mol. The lowest BCUT2D eigenvalue weighted by Gasteiger charge is -2.11. The molecule has 8 heteroatoms. The van der Waals surface area contributed by atoms with Crippen molar-refractivity contribution in [2.75, 3.05) is 11.9 Å². The monoisotopic (exact) mass is 407 g/mol. The van der Waals surface area contributed by atoms with E-state index < -0.39 is 17.5 Å². The van der Waals surface area contributed by atoms with E-state index in [1.54, 1.807) is 55.5 Å². The first kappa shape index (κ1) is 20.7. The second kappa shape index (κ2) is 9.42. The third kappa shape index (κ3) is 5.48. The summed E-state index contributed by atoms with van der Waals surface area (Å²) in [4.78, 5) is 21.1. The van der Waals surface area contributed by atoms with Gasteiger partial charge in [0.25, 0.3) is 5.69 Å². The number of nitro benzene ring substituents is 1. The number of carbonyl (C=O) groups excluding carboxylic acids is 1. The molecule has 1 N–H and O–H groups in total. The second-order valence-electron chi connectivity index (χ2n) is 6.44. The van der Waals surface area contributed by atoms with E-state index in [0.29, 0.717) is 35.0 Å². The lowest BCUT2D eigenvalue weighted by atomic mass is 10.1. The minimum Gasteiger partial charge on any atom is -0.546 e. The Morgan fingerprint density at radius 1 is 1.00 bits per heavy atom. The van der Waals surface area contributed by atoms with Gasteiger partial charge in [-0.05, 0) is 42.8 Å². The number of hydrogen-bond acceptors (Lipinski definition) is 7. The standard InChI is InChI=1S/C22H20N2O6/c1-15-20(6-3-7-21(15)24(27)28)23-13-16-8-10-17(11-9-16)30-19-5-2-4-18(12-19)29-14-22(25)26/h2-12,23H,13-14H2,1H3,(H,25,26)/p-1. The number of ether oxygens (including phenoxy) is 2. The van der Waals surface area contributed by atoms with Gasteiger partial charge in [0.05, 0.1) is 10.9 Å². The van der Waals surface area contributed by atoms with E-state index in [-0.39, 0.29) is 5.69 Å². The zero-order chi connectivity index (χ0) is 21.5. The van der Waals surface area contributed by atoms with Gasteiger partial charge in [0.2, 0.25) is 0 Å². The van der Waals surface area contributed by atoms with Crippen molar-refractivity contribution in [1.82, 2.24) is 0 Å². The van der Waals surface area contributed by atoms with Crippen molar-refractivity contribution in [3.63, 3.8) is 0 Å². The largest absolute Gasteiger partial charge is 0.546 e. The van der Waals surface area contributed by atoms with Crippen LogP contribution in [0, 0.1) is 17.0 Å². The fourth-order valence-corrected chi connectivity index (χ4v) is 2.79. The molecule has 0 aromatic heterocycles. The van der Waals surface area contributed by atoms with Crippen LogP contribution in [0.5, 0.6) is 17.2 Å². The van der Waals surface area contributed by atoms with Crippen LogP contribution >= 0.6 is 0 Å². The third-order valence-corrected chi connectivity index (χ3v) is 4.31. The van der Waals surface area contributed by atoms with Crippen molar-refractivity contribution >= 4 is 17.3 Å². The van der Waals surface area contributed by atoms with Crippen LogP contribution in [0.2, 0.25) is 0 Å². The summed E-state index contributed by atoms with van der Waals surface area (Å²) in [5, 5.41) is 24.7. The summed E-state index contributed by atoms with van der Waals surface area (Å²) in [6, 6.07) is 18.9. The maximum atomic E-state index is 11.1. The van der Waals surface area contributed by atoms with Crippen LogP contribution in [0.15, 0.2) is 66.7 Å². The zero-order valence-corrected chi connectivity index (χ0v) is 16.2. The summed E-state index contributed by atoms with van der Waals surface area (Å²) in [6.07, 6.45) is 0. The number of nitrogens with zero attached hydrogens (tertiary/aromatic N) is 1. The fraction of sp³-hybridized carbons (Fsp3) is 0.136. The van der Waals surface area contributed by atoms with Crippen LogP contribution in [0.1, 0.15) is 11.1 Å². The smallest absolute Gasteiger partial charge is 0.274 e. The maximum absolute atomic E-state index is 11.1. The number of hydrogen-bond donors (Lipinski definition) is 1. The van der Waals surface area contributed by atoms with E-state index in [1.165, 1.54) is 6.07 Å². The molecule has 0 fully saturated rings. The number of nitro groups is 1. The Balaban J connectivity index is 1.61. The van der Waals surface area contributed by atoms with Crippen molar-refractivity contribution in [3.8, 4) is 17.2 Å². The molecule has 0 radical (unpaired) electrons. The first-order valence-corrected chi connectivity index (χ1v) is 9.10. The average Bonchev–Trinajstić information content (AvgIpc) is 2.72. The molecule has 0 atom stereocenters. The molecule has 0 aliphatic heterocycles. The van der Waals surface area contributed by atoms with E-state index >= 15 is 0 Å². The van der Waals surface area contributed by atoms with Crippen molar-refractivity contribution in [2.24, 2.45) is 0 Å². The van der Waals surface area contributed by atoms with E-state index in [1.807, 2.05) is 12.1 Å². The fourth-order valence-electron chi connectivity index (χ4n) is 2.79. The minimum atomic E-state index is -1.30. The highest BCUT2D eigenvalue weighted by atomic mass is 16.6. The number of rotatable bonds is 9. The molecular formula is C22H19N2O6-. The van der Waals surface area contributed by atoms with Gasteiger partial charge in [0.1, 0.15) is 23.9 Å². The molecule has 0 saturated heterocycles. The van der Waals surface area contributed by atoms with Crippen molar-refractivity contribution < 1.29 is 24.3 Å². The molecule has 3 aromatic rings. The SMILES string of the molecule is Cc1c(NCc2ccc(Oc3cccc(OCC(=O)[O-])c3)cc2)cccc1[N+](=O)[O-]. The van der Waals surface area contributed by atoms with Gasteiger partial charge in [-0.3, -0.25) is 10.1 Å². The highest BCUT2D eigenvalue weighted by Gasteiger charge is 2.12. The summed E-state index contributed by atoms with van der Waals surface area (Å²) in [5.41, 5.74) is 2.34. The quantitative estimate of drug-likeness (QED) is 0.427. The topological polar surface area (TPSA) is 114 Å². The predicted molar refractivity (Wildman–Crippen MR) is 109 cm³/mol. The van der Waals surface area contributed by atoms with Gasteiger partial charge in [-0.1, -0.05) is 24.3 Å². The Bertz CT molecular complexity index is 1050. The van der Waals surface area contributed by atoms with Gasteiger partial charge < -0.3 is 24.7 Å². The Morgan fingerprint density at radius 2 is 1.70 bits per heavy atom. The Kier molecular flexibility index (Phi) is 6.49. The number of aliphatic carboxylic acids is 1. The van der Waals surface area contributed by atoms with E-state index in [2.05, 4.69) is 5.32 Å². The summed E-state index contributed by atoms with van der Waals surface area (Å²) in [7, 11) is 0. The van der Waals surface area contributed by atoms with E-state index in [0.717, 1.165) is 5.56 Å². The summed E-state index contributed by atoms with van der Waals surface area (Å²) in [5.74, 6) is 0.168.